The molecule has 0 aliphatic carbocycles. The van der Waals surface area contributed by atoms with E-state index < -0.39 is 5.82 Å². The van der Waals surface area contributed by atoms with Gasteiger partial charge in [0.1, 0.15) is 5.82 Å². The molecule has 0 saturated carbocycles. The van der Waals surface area contributed by atoms with Crippen molar-refractivity contribution in [3.63, 3.8) is 0 Å². The Bertz CT molecular complexity index is 634. The molecule has 1 atom stereocenters. The molecule has 1 aromatic carbocycles. The van der Waals surface area contributed by atoms with Crippen molar-refractivity contribution >= 4 is 34.8 Å². The van der Waals surface area contributed by atoms with Crippen molar-refractivity contribution in [1.29, 1.82) is 0 Å². The minimum absolute atomic E-state index is 0.109. The van der Waals surface area contributed by atoms with Gasteiger partial charge in [-0.1, -0.05) is 53.9 Å². The summed E-state index contributed by atoms with van der Waals surface area (Å²) in [4.78, 5) is 4.26. The lowest BCUT2D eigenvalue weighted by Gasteiger charge is -2.19. The lowest BCUT2D eigenvalue weighted by Crippen LogP contribution is -2.24. The molecule has 0 aliphatic rings. The van der Waals surface area contributed by atoms with Crippen LogP contribution < -0.4 is 5.32 Å². The maximum atomic E-state index is 14.0. The summed E-state index contributed by atoms with van der Waals surface area (Å²) >= 11 is 17.9. The van der Waals surface area contributed by atoms with E-state index in [9.17, 15) is 4.39 Å². The van der Waals surface area contributed by atoms with Gasteiger partial charge in [0.25, 0.3) is 0 Å². The van der Waals surface area contributed by atoms with E-state index in [1.807, 2.05) is 6.92 Å². The van der Waals surface area contributed by atoms with Crippen molar-refractivity contribution in [1.82, 2.24) is 10.3 Å². The number of pyridine rings is 1. The third kappa shape index (κ3) is 4.07. The van der Waals surface area contributed by atoms with E-state index in [4.69, 9.17) is 34.8 Å². The van der Waals surface area contributed by atoms with E-state index in [0.717, 1.165) is 0 Å². The molecule has 21 heavy (non-hydrogen) atoms. The Morgan fingerprint density at radius 1 is 1.24 bits per heavy atom. The van der Waals surface area contributed by atoms with Crippen LogP contribution in [0.3, 0.4) is 0 Å². The van der Waals surface area contributed by atoms with Gasteiger partial charge in [0, 0.05) is 6.20 Å². The summed E-state index contributed by atoms with van der Waals surface area (Å²) in [6.07, 6.45) is 1.93. The third-order valence-corrected chi connectivity index (χ3v) is 3.87. The van der Waals surface area contributed by atoms with Crippen LogP contribution >= 0.6 is 34.8 Å². The number of hydrogen-bond acceptors (Lipinski definition) is 2. The molecular formula is C15H14Cl3FN2. The molecule has 2 aromatic rings. The second kappa shape index (κ2) is 7.41. The van der Waals surface area contributed by atoms with Crippen molar-refractivity contribution in [2.45, 2.75) is 19.4 Å². The highest BCUT2D eigenvalue weighted by atomic mass is 35.5. The maximum absolute atomic E-state index is 14.0. The first kappa shape index (κ1) is 16.5. The van der Waals surface area contributed by atoms with Crippen LogP contribution in [0.4, 0.5) is 4.39 Å². The van der Waals surface area contributed by atoms with Crippen molar-refractivity contribution in [3.05, 3.63) is 62.6 Å². The molecule has 6 heteroatoms. The van der Waals surface area contributed by atoms with E-state index in [1.165, 1.54) is 12.3 Å². The Morgan fingerprint density at radius 2 is 2.00 bits per heavy atom. The van der Waals surface area contributed by atoms with Gasteiger partial charge in [-0.15, -0.1) is 0 Å². The zero-order valence-corrected chi connectivity index (χ0v) is 13.6. The van der Waals surface area contributed by atoms with Crippen LogP contribution in [0.1, 0.15) is 24.2 Å². The van der Waals surface area contributed by atoms with Crippen LogP contribution in [-0.4, -0.2) is 11.5 Å². The van der Waals surface area contributed by atoms with Gasteiger partial charge in [0.15, 0.2) is 0 Å². The third-order valence-electron chi connectivity index (χ3n) is 3.07. The molecule has 0 amide bonds. The number of halogens is 4. The minimum Gasteiger partial charge on any atom is -0.309 e. The number of hydrogen-bond donors (Lipinski definition) is 1. The fourth-order valence-electron chi connectivity index (χ4n) is 2.12. The molecule has 0 radical (unpaired) electrons. The first-order chi connectivity index (χ1) is 10.0. The second-order valence-corrected chi connectivity index (χ2v) is 5.80. The number of nitrogens with one attached hydrogen (secondary N) is 1. The molecular weight excluding hydrogens is 334 g/mol. The number of rotatable bonds is 5. The molecule has 1 N–H and O–H groups in total. The fraction of sp³-hybridized carbons (Fsp3) is 0.267. The summed E-state index contributed by atoms with van der Waals surface area (Å²) in [6, 6.07) is 6.36. The van der Waals surface area contributed by atoms with E-state index in [-0.39, 0.29) is 11.1 Å². The smallest absolute Gasteiger partial charge is 0.145 e. The predicted octanol–water partition coefficient (Wildman–Crippen LogP) is 5.07. The summed E-state index contributed by atoms with van der Waals surface area (Å²) in [5.41, 5.74) is 1.16. The largest absolute Gasteiger partial charge is 0.309 e. The normalized spacial score (nSPS) is 12.4. The van der Waals surface area contributed by atoms with Crippen LogP contribution in [0.2, 0.25) is 15.1 Å². The van der Waals surface area contributed by atoms with E-state index in [0.29, 0.717) is 34.3 Å². The van der Waals surface area contributed by atoms with Crippen molar-refractivity contribution in [2.75, 3.05) is 6.54 Å². The Morgan fingerprint density at radius 3 is 2.67 bits per heavy atom. The van der Waals surface area contributed by atoms with Crippen LogP contribution in [0.5, 0.6) is 0 Å². The van der Waals surface area contributed by atoms with Crippen molar-refractivity contribution in [3.8, 4) is 0 Å². The molecule has 0 aliphatic heterocycles. The van der Waals surface area contributed by atoms with E-state index >= 15 is 0 Å². The molecule has 1 heterocycles. The maximum Gasteiger partial charge on any atom is 0.145 e. The molecule has 2 nitrogen and oxygen atoms in total. The van der Waals surface area contributed by atoms with Crippen LogP contribution in [0.15, 0.2) is 30.5 Å². The molecule has 0 spiro atoms. The summed E-state index contributed by atoms with van der Waals surface area (Å²) in [5, 5.41) is 4.28. The van der Waals surface area contributed by atoms with Gasteiger partial charge in [0.2, 0.25) is 0 Å². The second-order valence-electron chi connectivity index (χ2n) is 4.55. The van der Waals surface area contributed by atoms with E-state index in [1.54, 1.807) is 18.2 Å². The Hall–Kier alpha value is -0.870. The summed E-state index contributed by atoms with van der Waals surface area (Å²) in [7, 11) is 0. The van der Waals surface area contributed by atoms with E-state index in [2.05, 4.69) is 10.3 Å². The van der Waals surface area contributed by atoms with Crippen LogP contribution in [0.25, 0.3) is 0 Å². The Kier molecular flexibility index (Phi) is 5.82. The van der Waals surface area contributed by atoms with Gasteiger partial charge in [-0.2, -0.15) is 0 Å². The van der Waals surface area contributed by atoms with Crippen molar-refractivity contribution in [2.24, 2.45) is 0 Å². The van der Waals surface area contributed by atoms with Gasteiger partial charge in [-0.3, -0.25) is 4.98 Å². The quantitative estimate of drug-likeness (QED) is 0.816. The molecule has 1 aromatic heterocycles. The monoisotopic (exact) mass is 346 g/mol. The SMILES string of the molecule is CCNC(Cc1cccc(Cl)c1F)c1ncc(Cl)cc1Cl. The zero-order valence-electron chi connectivity index (χ0n) is 11.3. The minimum atomic E-state index is -0.410. The number of benzene rings is 1. The highest BCUT2D eigenvalue weighted by Gasteiger charge is 2.19. The Balaban J connectivity index is 2.33. The van der Waals surface area contributed by atoms with Gasteiger partial charge in [0.05, 0.1) is 26.8 Å². The molecule has 1 unspecified atom stereocenters. The van der Waals surface area contributed by atoms with Crippen LogP contribution in [0, 0.1) is 5.82 Å². The summed E-state index contributed by atoms with van der Waals surface area (Å²) in [6.45, 7) is 2.67. The number of aromatic nitrogens is 1. The van der Waals surface area contributed by atoms with Crippen LogP contribution in [-0.2, 0) is 6.42 Å². The first-order valence-electron chi connectivity index (χ1n) is 6.50. The van der Waals surface area contributed by atoms with Gasteiger partial charge in [-0.25, -0.2) is 4.39 Å². The topological polar surface area (TPSA) is 24.9 Å². The fourth-order valence-corrected chi connectivity index (χ4v) is 2.83. The van der Waals surface area contributed by atoms with Gasteiger partial charge >= 0.3 is 0 Å². The number of likely N-dealkylation sites (N-methyl/N-ethyl adjacent to an activating group) is 1. The highest BCUT2D eigenvalue weighted by molar-refractivity contribution is 6.34. The summed E-state index contributed by atoms with van der Waals surface area (Å²) < 4.78 is 14.0. The molecule has 0 fully saturated rings. The first-order valence-corrected chi connectivity index (χ1v) is 7.63. The summed E-state index contributed by atoms with van der Waals surface area (Å²) in [5.74, 6) is -0.410. The Labute approximate surface area is 138 Å². The van der Waals surface area contributed by atoms with Gasteiger partial charge in [-0.05, 0) is 30.7 Å². The molecule has 0 bridgehead atoms. The standard InChI is InChI=1S/C15H14Cl3FN2/c1-2-20-13(15-12(18)7-10(16)8-21-15)6-9-4-3-5-11(17)14(9)19/h3-5,7-8,13,20H,2,6H2,1H3. The van der Waals surface area contributed by atoms with Crippen molar-refractivity contribution < 1.29 is 4.39 Å². The lowest BCUT2D eigenvalue weighted by atomic mass is 10.0. The van der Waals surface area contributed by atoms with Gasteiger partial charge < -0.3 is 5.32 Å². The molecule has 2 rings (SSSR count). The average Bonchev–Trinajstić information content (AvgIpc) is 2.43. The molecule has 0 saturated heterocycles. The zero-order chi connectivity index (χ0) is 15.4. The lowest BCUT2D eigenvalue weighted by molar-refractivity contribution is 0.518. The number of nitrogens with zero attached hydrogens (tertiary/aromatic N) is 1. The average molecular weight is 348 g/mol. The predicted molar refractivity (Wildman–Crippen MR) is 85.8 cm³/mol. The molecule has 112 valence electrons. The highest BCUT2D eigenvalue weighted by Crippen LogP contribution is 2.28.